The topological polar surface area (TPSA) is 16.4 Å². The van der Waals surface area contributed by atoms with Crippen LogP contribution in [0, 0.1) is 0 Å². The molecule has 0 saturated carbocycles. The summed E-state index contributed by atoms with van der Waals surface area (Å²) in [5.74, 6) is 0. The van der Waals surface area contributed by atoms with Crippen molar-refractivity contribution in [1.29, 1.82) is 0 Å². The summed E-state index contributed by atoms with van der Waals surface area (Å²) in [4.78, 5) is 2.43. The third-order valence-electron chi connectivity index (χ3n) is 11.5. The van der Waals surface area contributed by atoms with Gasteiger partial charge in [-0.1, -0.05) is 200 Å². The van der Waals surface area contributed by atoms with Gasteiger partial charge in [0.1, 0.15) is 5.58 Å². The van der Waals surface area contributed by atoms with Gasteiger partial charge in [0.25, 0.3) is 0 Å². The Morgan fingerprint density at radius 1 is 0.276 bits per heavy atom. The molecule has 2 nitrogen and oxygen atoms in total. The molecule has 272 valence electrons. The summed E-state index contributed by atoms with van der Waals surface area (Å²) in [5.41, 5.74) is 14.3. The molecule has 11 aromatic rings. The van der Waals surface area contributed by atoms with Crippen LogP contribution in [0.3, 0.4) is 0 Å². The van der Waals surface area contributed by atoms with Crippen molar-refractivity contribution >= 4 is 60.5 Å². The van der Waals surface area contributed by atoms with Gasteiger partial charge in [-0.15, -0.1) is 0 Å². The summed E-state index contributed by atoms with van der Waals surface area (Å²) in [5, 5.41) is 6.98. The Morgan fingerprint density at radius 3 is 1.28 bits per heavy atom. The summed E-state index contributed by atoms with van der Waals surface area (Å²) in [7, 11) is 0. The minimum absolute atomic E-state index is 0.854. The van der Waals surface area contributed by atoms with E-state index in [1.807, 2.05) is 6.07 Å². The molecule has 1 heterocycles. The summed E-state index contributed by atoms with van der Waals surface area (Å²) < 4.78 is 6.82. The molecule has 0 saturated heterocycles. The van der Waals surface area contributed by atoms with Crippen molar-refractivity contribution in [3.05, 3.63) is 224 Å². The Bertz CT molecular complexity index is 3240. The highest BCUT2D eigenvalue weighted by atomic mass is 16.3. The lowest BCUT2D eigenvalue weighted by atomic mass is 9.89. The van der Waals surface area contributed by atoms with Crippen LogP contribution in [0.5, 0.6) is 0 Å². The molecule has 2 heteroatoms. The van der Waals surface area contributed by atoms with Gasteiger partial charge in [-0.25, -0.2) is 0 Å². The molecule has 0 fully saturated rings. The molecule has 0 radical (unpaired) electrons. The van der Waals surface area contributed by atoms with Crippen LogP contribution in [-0.4, -0.2) is 0 Å². The van der Waals surface area contributed by atoms with E-state index in [1.54, 1.807) is 0 Å². The maximum atomic E-state index is 6.82. The molecule has 0 amide bonds. The zero-order valence-electron chi connectivity index (χ0n) is 31.7. The van der Waals surface area contributed by atoms with Crippen LogP contribution in [0.1, 0.15) is 0 Å². The Balaban J connectivity index is 1.16. The van der Waals surface area contributed by atoms with Gasteiger partial charge in [-0.05, 0) is 79.4 Å². The molecule has 0 N–H and O–H groups in total. The molecule has 0 unspecified atom stereocenters. The van der Waals surface area contributed by atoms with E-state index in [9.17, 15) is 0 Å². The monoisotopic (exact) mass is 739 g/mol. The lowest BCUT2D eigenvalue weighted by Crippen LogP contribution is -2.12. The fourth-order valence-corrected chi connectivity index (χ4v) is 8.69. The number of fused-ring (bicyclic) bond motifs is 6. The molecule has 0 aliphatic heterocycles. The van der Waals surface area contributed by atoms with Crippen LogP contribution in [0.2, 0.25) is 0 Å². The van der Waals surface area contributed by atoms with Crippen LogP contribution in [0.15, 0.2) is 229 Å². The third kappa shape index (κ3) is 5.74. The Morgan fingerprint density at radius 2 is 0.690 bits per heavy atom. The van der Waals surface area contributed by atoms with E-state index in [1.165, 1.54) is 49.5 Å². The average molecular weight is 740 g/mol. The second-order valence-electron chi connectivity index (χ2n) is 14.8. The number of anilines is 3. The van der Waals surface area contributed by atoms with Crippen molar-refractivity contribution < 1.29 is 4.42 Å². The van der Waals surface area contributed by atoms with Gasteiger partial charge < -0.3 is 9.32 Å². The first kappa shape index (κ1) is 33.6. The fraction of sp³-hybridized carbons (Fsp3) is 0. The summed E-state index contributed by atoms with van der Waals surface area (Å²) >= 11 is 0. The molecule has 0 bridgehead atoms. The number of hydrogen-bond donors (Lipinski definition) is 0. The first-order valence-electron chi connectivity index (χ1n) is 19.8. The van der Waals surface area contributed by atoms with Crippen molar-refractivity contribution in [2.75, 3.05) is 4.90 Å². The molecule has 58 heavy (non-hydrogen) atoms. The van der Waals surface area contributed by atoms with Gasteiger partial charge in [0.15, 0.2) is 5.58 Å². The Hall–Kier alpha value is -7.68. The van der Waals surface area contributed by atoms with Crippen LogP contribution in [-0.2, 0) is 0 Å². The Kier molecular flexibility index (Phi) is 8.19. The van der Waals surface area contributed by atoms with E-state index in [0.29, 0.717) is 0 Å². The lowest BCUT2D eigenvalue weighted by Gasteiger charge is -2.30. The first-order valence-corrected chi connectivity index (χ1v) is 19.8. The first-order chi connectivity index (χ1) is 28.8. The molecule has 0 spiro atoms. The molecule has 0 atom stereocenters. The maximum absolute atomic E-state index is 6.82. The van der Waals surface area contributed by atoms with E-state index in [4.69, 9.17) is 4.42 Å². The van der Waals surface area contributed by atoms with Gasteiger partial charge in [-0.2, -0.15) is 0 Å². The predicted molar refractivity (Wildman–Crippen MR) is 245 cm³/mol. The second-order valence-corrected chi connectivity index (χ2v) is 14.8. The SMILES string of the molecule is c1ccc(-c2ccc(-c3ccc(N(c4c(-c5ccc(-c6ccccc6)cc5)c5ccccc5c5ccccc45)c4cccc5c4oc4ccccc45)cc3)cc2)cc1. The highest BCUT2D eigenvalue weighted by Gasteiger charge is 2.26. The van der Waals surface area contributed by atoms with Crippen LogP contribution in [0.4, 0.5) is 17.1 Å². The van der Waals surface area contributed by atoms with Crippen molar-refractivity contribution in [2.45, 2.75) is 0 Å². The number of nitrogens with zero attached hydrogens (tertiary/aromatic N) is 1. The highest BCUT2D eigenvalue weighted by molar-refractivity contribution is 6.23. The molecule has 11 rings (SSSR count). The van der Waals surface area contributed by atoms with Gasteiger partial charge in [0.2, 0.25) is 0 Å². The fourth-order valence-electron chi connectivity index (χ4n) is 8.69. The second kappa shape index (κ2) is 14.1. The van der Waals surface area contributed by atoms with Gasteiger partial charge in [0.05, 0.1) is 11.4 Å². The van der Waals surface area contributed by atoms with Crippen molar-refractivity contribution in [3.63, 3.8) is 0 Å². The number of benzene rings is 10. The number of para-hydroxylation sites is 2. The third-order valence-corrected chi connectivity index (χ3v) is 11.5. The minimum Gasteiger partial charge on any atom is -0.454 e. The van der Waals surface area contributed by atoms with Crippen LogP contribution >= 0.6 is 0 Å². The molecule has 0 aliphatic carbocycles. The Labute approximate surface area is 337 Å². The van der Waals surface area contributed by atoms with Crippen LogP contribution in [0.25, 0.3) is 88.0 Å². The lowest BCUT2D eigenvalue weighted by molar-refractivity contribution is 0.669. The van der Waals surface area contributed by atoms with Crippen molar-refractivity contribution in [2.24, 2.45) is 0 Å². The van der Waals surface area contributed by atoms with E-state index in [0.717, 1.165) is 55.5 Å². The molecule has 0 aliphatic rings. The normalized spacial score (nSPS) is 11.4. The quantitative estimate of drug-likeness (QED) is 0.151. The summed E-state index contributed by atoms with van der Waals surface area (Å²) in [6.07, 6.45) is 0. The van der Waals surface area contributed by atoms with E-state index >= 15 is 0 Å². The smallest absolute Gasteiger partial charge is 0.159 e. The van der Waals surface area contributed by atoms with Crippen LogP contribution < -0.4 is 4.90 Å². The number of rotatable bonds is 7. The van der Waals surface area contributed by atoms with Gasteiger partial charge in [0, 0.05) is 27.4 Å². The van der Waals surface area contributed by atoms with Gasteiger partial charge >= 0.3 is 0 Å². The highest BCUT2D eigenvalue weighted by Crippen LogP contribution is 2.51. The molecule has 1 aromatic heterocycles. The molecular formula is C56H37NO. The van der Waals surface area contributed by atoms with E-state index in [-0.39, 0.29) is 0 Å². The molecule has 10 aromatic carbocycles. The largest absolute Gasteiger partial charge is 0.454 e. The number of furan rings is 1. The minimum atomic E-state index is 0.854. The zero-order chi connectivity index (χ0) is 38.4. The molecular weight excluding hydrogens is 703 g/mol. The summed E-state index contributed by atoms with van der Waals surface area (Å²) in [6, 6.07) is 80.6. The van der Waals surface area contributed by atoms with Crippen molar-refractivity contribution in [1.82, 2.24) is 0 Å². The summed E-state index contributed by atoms with van der Waals surface area (Å²) in [6.45, 7) is 0. The van der Waals surface area contributed by atoms with Crippen molar-refractivity contribution in [3.8, 4) is 44.5 Å². The average Bonchev–Trinajstić information content (AvgIpc) is 3.70. The van der Waals surface area contributed by atoms with E-state index in [2.05, 4.69) is 223 Å². The zero-order valence-corrected chi connectivity index (χ0v) is 31.7. The maximum Gasteiger partial charge on any atom is 0.159 e. The van der Waals surface area contributed by atoms with E-state index < -0.39 is 0 Å². The van der Waals surface area contributed by atoms with Gasteiger partial charge in [-0.3, -0.25) is 0 Å². The number of hydrogen-bond acceptors (Lipinski definition) is 2. The standard InChI is InChI=1S/C56H37NO/c1-3-14-38(15-4-1)40-26-28-42(29-27-40)43-34-36-45(37-35-43)57(52-24-13-23-51-48-20-11-12-25-53(48)58-56(51)52)55-50-22-10-8-19-47(50)46-18-7-9-21-49(46)54(55)44-32-30-41(31-33-44)39-16-5-2-6-17-39/h1-37H. The predicted octanol–water partition coefficient (Wildman–Crippen LogP) is 16.0.